The van der Waals surface area contributed by atoms with Crippen molar-refractivity contribution in [2.24, 2.45) is 11.1 Å². The Morgan fingerprint density at radius 2 is 2.07 bits per heavy atom. The molecule has 0 bridgehead atoms. The zero-order valence-corrected chi connectivity index (χ0v) is 8.59. The van der Waals surface area contributed by atoms with Crippen LogP contribution in [0, 0.1) is 10.8 Å². The van der Waals surface area contributed by atoms with Crippen LogP contribution in [0.2, 0.25) is 0 Å². The van der Waals surface area contributed by atoms with E-state index in [1.54, 1.807) is 6.92 Å². The fraction of sp³-hybridized carbons (Fsp3) is 0.417. The molecule has 0 saturated heterocycles. The van der Waals surface area contributed by atoms with Crippen LogP contribution < -0.4 is 0 Å². The molecule has 3 nitrogen and oxygen atoms in total. The molecule has 0 aromatic heterocycles. The second-order valence-electron chi connectivity index (χ2n) is 4.04. The second-order valence-corrected chi connectivity index (χ2v) is 4.04. The van der Waals surface area contributed by atoms with Crippen LogP contribution in [0.4, 0.5) is 0 Å². The molecule has 78 valence electrons. The molecular formula is C12H13NO2. The molecule has 0 radical (unpaired) electrons. The maximum atomic E-state index is 11.6. The summed E-state index contributed by atoms with van der Waals surface area (Å²) >= 11 is 0. The minimum atomic E-state index is -0.691. The first-order chi connectivity index (χ1) is 7.24. The molecule has 0 aliphatic heterocycles. The number of benzene rings is 1. The quantitative estimate of drug-likeness (QED) is 0.706. The summed E-state index contributed by atoms with van der Waals surface area (Å²) in [5, 5.41) is 2.78. The molecule has 1 aliphatic carbocycles. The summed E-state index contributed by atoms with van der Waals surface area (Å²) in [4.78, 5) is 21.9. The van der Waals surface area contributed by atoms with Gasteiger partial charge >= 0.3 is 0 Å². The molecule has 1 fully saturated rings. The summed E-state index contributed by atoms with van der Waals surface area (Å²) in [5.41, 5.74) is 1.19. The highest BCUT2D eigenvalue weighted by Gasteiger charge is 2.45. The van der Waals surface area contributed by atoms with Gasteiger partial charge in [-0.25, -0.2) is 0 Å². The lowest BCUT2D eigenvalue weighted by Crippen LogP contribution is -2.16. The number of carbonyl (C=O) groups is 1. The molecule has 2 rings (SSSR count). The van der Waals surface area contributed by atoms with Gasteiger partial charge in [-0.15, -0.1) is 0 Å². The van der Waals surface area contributed by atoms with Crippen LogP contribution >= 0.6 is 0 Å². The van der Waals surface area contributed by atoms with E-state index in [1.807, 2.05) is 30.3 Å². The van der Waals surface area contributed by atoms with E-state index in [1.165, 1.54) is 5.56 Å². The SMILES string of the molecule is CC(N=O)C(=O)C1CC1c1ccccc1. The molecule has 3 heteroatoms. The fourth-order valence-electron chi connectivity index (χ4n) is 1.94. The van der Waals surface area contributed by atoms with E-state index in [0.29, 0.717) is 5.92 Å². The van der Waals surface area contributed by atoms with E-state index in [-0.39, 0.29) is 11.7 Å². The highest BCUT2D eigenvalue weighted by molar-refractivity contribution is 5.89. The average Bonchev–Trinajstić information content (AvgIpc) is 3.08. The molecule has 1 aliphatic rings. The van der Waals surface area contributed by atoms with Crippen molar-refractivity contribution in [2.45, 2.75) is 25.3 Å². The summed E-state index contributed by atoms with van der Waals surface area (Å²) in [6.45, 7) is 1.57. The van der Waals surface area contributed by atoms with Crippen molar-refractivity contribution in [1.82, 2.24) is 0 Å². The minimum absolute atomic E-state index is 0.0140. The number of ketones is 1. The van der Waals surface area contributed by atoms with Crippen molar-refractivity contribution < 1.29 is 4.79 Å². The first-order valence-corrected chi connectivity index (χ1v) is 5.15. The van der Waals surface area contributed by atoms with Crippen molar-refractivity contribution in [3.8, 4) is 0 Å². The molecule has 0 heterocycles. The van der Waals surface area contributed by atoms with Crippen LogP contribution in [-0.2, 0) is 4.79 Å². The Morgan fingerprint density at radius 1 is 1.40 bits per heavy atom. The van der Waals surface area contributed by atoms with Gasteiger partial charge in [0.25, 0.3) is 0 Å². The highest BCUT2D eigenvalue weighted by Crippen LogP contribution is 2.48. The molecular weight excluding hydrogens is 190 g/mol. The monoisotopic (exact) mass is 203 g/mol. The zero-order valence-electron chi connectivity index (χ0n) is 8.59. The van der Waals surface area contributed by atoms with Crippen molar-refractivity contribution in [3.05, 3.63) is 40.8 Å². The molecule has 3 atom stereocenters. The van der Waals surface area contributed by atoms with Gasteiger partial charge in [-0.1, -0.05) is 35.5 Å². The summed E-state index contributed by atoms with van der Waals surface area (Å²) in [5.74, 6) is 0.307. The van der Waals surface area contributed by atoms with E-state index < -0.39 is 6.04 Å². The number of nitrogens with zero attached hydrogens (tertiary/aromatic N) is 1. The summed E-state index contributed by atoms with van der Waals surface area (Å²) in [6, 6.07) is 9.25. The van der Waals surface area contributed by atoms with Gasteiger partial charge in [0.05, 0.1) is 0 Å². The molecule has 0 spiro atoms. The molecule has 1 saturated carbocycles. The second kappa shape index (κ2) is 3.93. The number of nitroso groups, excluding NO2 is 1. The summed E-state index contributed by atoms with van der Waals surface area (Å²) in [7, 11) is 0. The van der Waals surface area contributed by atoms with Gasteiger partial charge in [0.2, 0.25) is 0 Å². The predicted molar refractivity (Wildman–Crippen MR) is 57.6 cm³/mol. The lowest BCUT2D eigenvalue weighted by atomic mass is 10.0. The van der Waals surface area contributed by atoms with Gasteiger partial charge in [-0.2, -0.15) is 4.91 Å². The first kappa shape index (κ1) is 10.0. The van der Waals surface area contributed by atoms with Gasteiger partial charge in [0, 0.05) is 5.92 Å². The van der Waals surface area contributed by atoms with Gasteiger partial charge in [0.15, 0.2) is 5.78 Å². The van der Waals surface area contributed by atoms with Crippen molar-refractivity contribution in [3.63, 3.8) is 0 Å². The number of rotatable bonds is 4. The molecule has 1 aromatic carbocycles. The average molecular weight is 203 g/mol. The topological polar surface area (TPSA) is 46.5 Å². The normalized spacial score (nSPS) is 25.7. The predicted octanol–water partition coefficient (Wildman–Crippen LogP) is 2.51. The number of Topliss-reactive ketones (excluding diaryl/α,β-unsaturated/α-hetero) is 1. The van der Waals surface area contributed by atoms with E-state index in [2.05, 4.69) is 5.18 Å². The zero-order chi connectivity index (χ0) is 10.8. The van der Waals surface area contributed by atoms with Crippen LogP contribution in [0.25, 0.3) is 0 Å². The van der Waals surface area contributed by atoms with E-state index in [0.717, 1.165) is 6.42 Å². The molecule has 0 amide bonds. The van der Waals surface area contributed by atoms with Crippen molar-refractivity contribution in [1.29, 1.82) is 0 Å². The Hall–Kier alpha value is -1.51. The van der Waals surface area contributed by atoms with E-state index in [9.17, 15) is 9.70 Å². The van der Waals surface area contributed by atoms with Crippen LogP contribution in [0.3, 0.4) is 0 Å². The fourth-order valence-corrected chi connectivity index (χ4v) is 1.94. The van der Waals surface area contributed by atoms with Crippen LogP contribution in [-0.4, -0.2) is 11.8 Å². The Kier molecular flexibility index (Phi) is 2.62. The number of hydrogen-bond donors (Lipinski definition) is 0. The number of carbonyl (C=O) groups excluding carboxylic acids is 1. The third-order valence-electron chi connectivity index (χ3n) is 2.95. The highest BCUT2D eigenvalue weighted by atomic mass is 16.3. The first-order valence-electron chi connectivity index (χ1n) is 5.15. The number of hydrogen-bond acceptors (Lipinski definition) is 3. The van der Waals surface area contributed by atoms with Gasteiger partial charge in [-0.3, -0.25) is 4.79 Å². The minimum Gasteiger partial charge on any atom is -0.297 e. The van der Waals surface area contributed by atoms with E-state index in [4.69, 9.17) is 0 Å². The van der Waals surface area contributed by atoms with Gasteiger partial charge in [0.1, 0.15) is 6.04 Å². The Bertz CT molecular complexity index is 374. The van der Waals surface area contributed by atoms with E-state index >= 15 is 0 Å². The standard InChI is InChI=1S/C12H13NO2/c1-8(13-15)12(14)11-7-10(11)9-5-3-2-4-6-9/h2-6,8,10-11H,7H2,1H3. The third-order valence-corrected chi connectivity index (χ3v) is 2.95. The molecule has 0 N–H and O–H groups in total. The van der Waals surface area contributed by atoms with Crippen molar-refractivity contribution >= 4 is 5.78 Å². The van der Waals surface area contributed by atoms with Crippen LogP contribution in [0.5, 0.6) is 0 Å². The Balaban J connectivity index is 2.02. The van der Waals surface area contributed by atoms with Gasteiger partial charge < -0.3 is 0 Å². The van der Waals surface area contributed by atoms with Gasteiger partial charge in [-0.05, 0) is 24.8 Å². The summed E-state index contributed by atoms with van der Waals surface area (Å²) in [6.07, 6.45) is 0.864. The maximum Gasteiger partial charge on any atom is 0.164 e. The van der Waals surface area contributed by atoms with Crippen molar-refractivity contribution in [2.75, 3.05) is 0 Å². The smallest absolute Gasteiger partial charge is 0.164 e. The maximum absolute atomic E-state index is 11.6. The Morgan fingerprint density at radius 3 is 2.67 bits per heavy atom. The van der Waals surface area contributed by atoms with Crippen LogP contribution in [0.1, 0.15) is 24.8 Å². The molecule has 15 heavy (non-hydrogen) atoms. The molecule has 3 unspecified atom stereocenters. The third kappa shape index (κ3) is 1.96. The summed E-state index contributed by atoms with van der Waals surface area (Å²) < 4.78 is 0. The Labute approximate surface area is 88.5 Å². The lowest BCUT2D eigenvalue weighted by Gasteiger charge is -2.01. The lowest BCUT2D eigenvalue weighted by molar-refractivity contribution is -0.121. The molecule has 1 aromatic rings. The van der Waals surface area contributed by atoms with Crippen LogP contribution in [0.15, 0.2) is 35.5 Å². The largest absolute Gasteiger partial charge is 0.297 e.